The molecule has 0 radical (unpaired) electrons. The molecule has 0 amide bonds. The molecule has 1 atom stereocenters. The first-order valence-corrected chi connectivity index (χ1v) is 7.62. The van der Waals surface area contributed by atoms with Crippen LogP contribution >= 0.6 is 11.6 Å². The molecule has 2 aromatic rings. The van der Waals surface area contributed by atoms with Crippen molar-refractivity contribution in [3.8, 4) is 0 Å². The SMILES string of the molecule is CCCNC(COCCC)c1cc2cc(Cl)ccc2o1. The van der Waals surface area contributed by atoms with Gasteiger partial charge in [0, 0.05) is 17.0 Å². The lowest BCUT2D eigenvalue weighted by atomic mass is 10.2. The summed E-state index contributed by atoms with van der Waals surface area (Å²) in [6.45, 7) is 6.60. The van der Waals surface area contributed by atoms with E-state index >= 15 is 0 Å². The molecule has 3 nitrogen and oxygen atoms in total. The van der Waals surface area contributed by atoms with E-state index in [1.54, 1.807) is 0 Å². The quantitative estimate of drug-likeness (QED) is 0.725. The maximum atomic E-state index is 6.01. The molecule has 0 spiro atoms. The molecule has 0 aliphatic heterocycles. The Kier molecular flexibility index (Phi) is 5.89. The summed E-state index contributed by atoms with van der Waals surface area (Å²) in [5.41, 5.74) is 0.864. The number of nitrogens with one attached hydrogen (secondary N) is 1. The molecule has 0 saturated heterocycles. The van der Waals surface area contributed by atoms with E-state index < -0.39 is 0 Å². The summed E-state index contributed by atoms with van der Waals surface area (Å²) in [6.07, 6.45) is 2.10. The van der Waals surface area contributed by atoms with Crippen LogP contribution in [0.15, 0.2) is 28.7 Å². The largest absolute Gasteiger partial charge is 0.459 e. The van der Waals surface area contributed by atoms with E-state index in [0.29, 0.717) is 6.61 Å². The highest BCUT2D eigenvalue weighted by Crippen LogP contribution is 2.26. The van der Waals surface area contributed by atoms with Crippen LogP contribution in [0.2, 0.25) is 5.02 Å². The lowest BCUT2D eigenvalue weighted by molar-refractivity contribution is 0.106. The van der Waals surface area contributed by atoms with E-state index in [-0.39, 0.29) is 6.04 Å². The van der Waals surface area contributed by atoms with Crippen LogP contribution in [0, 0.1) is 0 Å². The minimum absolute atomic E-state index is 0.0904. The Morgan fingerprint density at radius 1 is 1.25 bits per heavy atom. The molecule has 1 aromatic heterocycles. The summed E-state index contributed by atoms with van der Waals surface area (Å²) in [5, 5.41) is 5.23. The Morgan fingerprint density at radius 3 is 2.85 bits per heavy atom. The number of furan rings is 1. The standard InChI is InChI=1S/C16H22ClNO2/c1-3-7-18-14(11-19-8-4-2)16-10-12-9-13(17)5-6-15(12)20-16/h5-6,9-10,14,18H,3-4,7-8,11H2,1-2H3. The molecule has 0 bridgehead atoms. The smallest absolute Gasteiger partial charge is 0.134 e. The van der Waals surface area contributed by atoms with Gasteiger partial charge in [0.25, 0.3) is 0 Å². The zero-order valence-electron chi connectivity index (χ0n) is 12.1. The van der Waals surface area contributed by atoms with Gasteiger partial charge in [-0.1, -0.05) is 25.4 Å². The zero-order valence-corrected chi connectivity index (χ0v) is 12.9. The molecule has 0 aliphatic carbocycles. The fourth-order valence-electron chi connectivity index (χ4n) is 2.11. The van der Waals surface area contributed by atoms with Gasteiger partial charge >= 0.3 is 0 Å². The third-order valence-corrected chi connectivity index (χ3v) is 3.35. The Labute approximate surface area is 125 Å². The van der Waals surface area contributed by atoms with Gasteiger partial charge in [0.05, 0.1) is 12.6 Å². The van der Waals surface area contributed by atoms with Gasteiger partial charge in [-0.15, -0.1) is 0 Å². The molecule has 1 unspecified atom stereocenters. The average Bonchev–Trinajstić information content (AvgIpc) is 2.85. The second-order valence-electron chi connectivity index (χ2n) is 4.91. The van der Waals surface area contributed by atoms with E-state index in [9.17, 15) is 0 Å². The summed E-state index contributed by atoms with van der Waals surface area (Å²) >= 11 is 6.01. The highest BCUT2D eigenvalue weighted by molar-refractivity contribution is 6.31. The third kappa shape index (κ3) is 3.98. The van der Waals surface area contributed by atoms with Crippen molar-refractivity contribution in [1.29, 1.82) is 0 Å². The van der Waals surface area contributed by atoms with Crippen molar-refractivity contribution in [2.45, 2.75) is 32.7 Å². The van der Waals surface area contributed by atoms with Crippen molar-refractivity contribution in [2.24, 2.45) is 0 Å². The van der Waals surface area contributed by atoms with Gasteiger partial charge in [-0.05, 0) is 43.7 Å². The molecule has 1 N–H and O–H groups in total. The lowest BCUT2D eigenvalue weighted by Gasteiger charge is -2.16. The van der Waals surface area contributed by atoms with Crippen LogP contribution in [0.3, 0.4) is 0 Å². The Bertz CT molecular complexity index is 538. The Hall–Kier alpha value is -1.03. The first-order chi connectivity index (χ1) is 9.74. The van der Waals surface area contributed by atoms with Crippen LogP contribution in [0.4, 0.5) is 0 Å². The molecule has 2 rings (SSSR count). The number of fused-ring (bicyclic) bond motifs is 1. The van der Waals surface area contributed by atoms with Gasteiger partial charge < -0.3 is 14.5 Å². The maximum Gasteiger partial charge on any atom is 0.134 e. The van der Waals surface area contributed by atoms with Gasteiger partial charge in [-0.3, -0.25) is 0 Å². The number of halogens is 1. The van der Waals surface area contributed by atoms with E-state index in [0.717, 1.165) is 47.7 Å². The topological polar surface area (TPSA) is 34.4 Å². The predicted octanol–water partition coefficient (Wildman–Crippen LogP) is 4.55. The minimum Gasteiger partial charge on any atom is -0.459 e. The van der Waals surface area contributed by atoms with Crippen LogP contribution in [-0.4, -0.2) is 19.8 Å². The molecular weight excluding hydrogens is 274 g/mol. The summed E-state index contributed by atoms with van der Waals surface area (Å²) in [6, 6.07) is 7.81. The summed E-state index contributed by atoms with van der Waals surface area (Å²) < 4.78 is 11.6. The van der Waals surface area contributed by atoms with Crippen molar-refractivity contribution in [2.75, 3.05) is 19.8 Å². The lowest BCUT2D eigenvalue weighted by Crippen LogP contribution is -2.26. The summed E-state index contributed by atoms with van der Waals surface area (Å²) in [4.78, 5) is 0. The van der Waals surface area contributed by atoms with Gasteiger partial charge in [0.1, 0.15) is 11.3 Å². The second kappa shape index (κ2) is 7.67. The molecule has 0 fully saturated rings. The van der Waals surface area contributed by atoms with E-state index in [2.05, 4.69) is 19.2 Å². The molecular formula is C16H22ClNO2. The second-order valence-corrected chi connectivity index (χ2v) is 5.35. The van der Waals surface area contributed by atoms with Crippen LogP contribution in [0.25, 0.3) is 11.0 Å². The van der Waals surface area contributed by atoms with Crippen molar-refractivity contribution in [1.82, 2.24) is 5.32 Å². The van der Waals surface area contributed by atoms with Crippen LogP contribution in [0.5, 0.6) is 0 Å². The van der Waals surface area contributed by atoms with Crippen LogP contribution in [0.1, 0.15) is 38.5 Å². The molecule has 4 heteroatoms. The number of benzene rings is 1. The van der Waals surface area contributed by atoms with E-state index in [1.165, 1.54) is 0 Å². The number of ether oxygens (including phenoxy) is 1. The molecule has 0 saturated carbocycles. The van der Waals surface area contributed by atoms with Gasteiger partial charge in [-0.2, -0.15) is 0 Å². The highest BCUT2D eigenvalue weighted by Gasteiger charge is 2.16. The molecule has 1 aromatic carbocycles. The molecule has 1 heterocycles. The van der Waals surface area contributed by atoms with E-state index in [4.69, 9.17) is 20.8 Å². The van der Waals surface area contributed by atoms with Crippen molar-refractivity contribution in [3.05, 3.63) is 35.0 Å². The first-order valence-electron chi connectivity index (χ1n) is 7.24. The van der Waals surface area contributed by atoms with Crippen molar-refractivity contribution < 1.29 is 9.15 Å². The summed E-state index contributed by atoms with van der Waals surface area (Å²) in [7, 11) is 0. The summed E-state index contributed by atoms with van der Waals surface area (Å²) in [5.74, 6) is 0.909. The predicted molar refractivity (Wildman–Crippen MR) is 83.4 cm³/mol. The van der Waals surface area contributed by atoms with Gasteiger partial charge in [0.2, 0.25) is 0 Å². The Balaban J connectivity index is 2.15. The minimum atomic E-state index is 0.0904. The molecule has 110 valence electrons. The monoisotopic (exact) mass is 295 g/mol. The van der Waals surface area contributed by atoms with Crippen LogP contribution < -0.4 is 5.32 Å². The van der Waals surface area contributed by atoms with E-state index in [1.807, 2.05) is 24.3 Å². The number of hydrogen-bond acceptors (Lipinski definition) is 3. The van der Waals surface area contributed by atoms with Crippen molar-refractivity contribution >= 4 is 22.6 Å². The number of rotatable bonds is 8. The fourth-order valence-corrected chi connectivity index (χ4v) is 2.29. The fraction of sp³-hybridized carbons (Fsp3) is 0.500. The third-order valence-electron chi connectivity index (χ3n) is 3.11. The average molecular weight is 296 g/mol. The highest BCUT2D eigenvalue weighted by atomic mass is 35.5. The Morgan fingerprint density at radius 2 is 2.10 bits per heavy atom. The maximum absolute atomic E-state index is 6.01. The van der Waals surface area contributed by atoms with Crippen molar-refractivity contribution in [3.63, 3.8) is 0 Å². The first kappa shape index (κ1) is 15.4. The van der Waals surface area contributed by atoms with Crippen LogP contribution in [-0.2, 0) is 4.74 Å². The number of hydrogen-bond donors (Lipinski definition) is 1. The molecule has 20 heavy (non-hydrogen) atoms. The normalized spacial score (nSPS) is 12.9. The zero-order chi connectivity index (χ0) is 14.4. The van der Waals surface area contributed by atoms with Gasteiger partial charge in [0.15, 0.2) is 0 Å². The van der Waals surface area contributed by atoms with Gasteiger partial charge in [-0.25, -0.2) is 0 Å². The molecule has 0 aliphatic rings.